The maximum atomic E-state index is 13.2. The standard InChI is InChI=1S/C21H15N3O5S/c1-13-5-7-15(8-6-13)23-20(26)19-17(9-10-30-19)22(21(23)27)12-18(25)14-3-2-4-16(11-14)24(28)29/h2-11H,12H2,1H3. The number of nitro benzene ring substituents is 1. The Morgan fingerprint density at radius 3 is 2.53 bits per heavy atom. The second-order valence-electron chi connectivity index (χ2n) is 6.71. The van der Waals surface area contributed by atoms with Crippen molar-refractivity contribution in [3.8, 4) is 5.69 Å². The van der Waals surface area contributed by atoms with Gasteiger partial charge in [-0.25, -0.2) is 9.36 Å². The minimum Gasteiger partial charge on any atom is -0.292 e. The Balaban J connectivity index is 1.86. The predicted molar refractivity (Wildman–Crippen MR) is 114 cm³/mol. The Kier molecular flexibility index (Phi) is 4.88. The van der Waals surface area contributed by atoms with E-state index in [1.807, 2.05) is 6.92 Å². The van der Waals surface area contributed by atoms with Gasteiger partial charge in [-0.2, -0.15) is 0 Å². The van der Waals surface area contributed by atoms with Crippen LogP contribution in [0.5, 0.6) is 0 Å². The summed E-state index contributed by atoms with van der Waals surface area (Å²) in [5.41, 5.74) is 0.553. The molecule has 0 fully saturated rings. The Bertz CT molecular complexity index is 1410. The number of benzene rings is 2. The zero-order valence-electron chi connectivity index (χ0n) is 15.8. The summed E-state index contributed by atoms with van der Waals surface area (Å²) in [5, 5.41) is 12.7. The number of fused-ring (bicyclic) bond motifs is 1. The highest BCUT2D eigenvalue weighted by molar-refractivity contribution is 7.17. The fourth-order valence-corrected chi connectivity index (χ4v) is 4.01. The maximum Gasteiger partial charge on any atom is 0.336 e. The molecule has 150 valence electrons. The van der Waals surface area contributed by atoms with Gasteiger partial charge in [0, 0.05) is 17.7 Å². The number of ketones is 1. The van der Waals surface area contributed by atoms with Gasteiger partial charge in [0.05, 0.1) is 22.7 Å². The molecule has 0 bridgehead atoms. The fourth-order valence-electron chi connectivity index (χ4n) is 3.19. The molecule has 0 aliphatic carbocycles. The smallest absolute Gasteiger partial charge is 0.292 e. The van der Waals surface area contributed by atoms with Gasteiger partial charge in [0.25, 0.3) is 11.2 Å². The number of carbonyl (C=O) groups excluding carboxylic acids is 1. The zero-order valence-corrected chi connectivity index (χ0v) is 16.6. The van der Waals surface area contributed by atoms with E-state index in [4.69, 9.17) is 0 Å². The third-order valence-electron chi connectivity index (χ3n) is 4.73. The first-order chi connectivity index (χ1) is 14.4. The molecule has 0 aliphatic rings. The zero-order chi connectivity index (χ0) is 21.4. The minimum atomic E-state index is -0.645. The summed E-state index contributed by atoms with van der Waals surface area (Å²) < 4.78 is 2.62. The third-order valence-corrected chi connectivity index (χ3v) is 5.62. The molecule has 9 heteroatoms. The summed E-state index contributed by atoms with van der Waals surface area (Å²) in [7, 11) is 0. The Morgan fingerprint density at radius 1 is 1.10 bits per heavy atom. The molecule has 0 radical (unpaired) electrons. The lowest BCUT2D eigenvalue weighted by atomic mass is 10.1. The molecule has 0 saturated carbocycles. The van der Waals surface area contributed by atoms with Crippen LogP contribution in [-0.4, -0.2) is 19.8 Å². The van der Waals surface area contributed by atoms with Crippen LogP contribution in [0.15, 0.2) is 69.6 Å². The van der Waals surface area contributed by atoms with Crippen molar-refractivity contribution in [1.82, 2.24) is 9.13 Å². The van der Waals surface area contributed by atoms with Crippen LogP contribution >= 0.6 is 11.3 Å². The van der Waals surface area contributed by atoms with Gasteiger partial charge in [0.2, 0.25) is 0 Å². The number of nitrogens with zero attached hydrogens (tertiary/aromatic N) is 3. The van der Waals surface area contributed by atoms with Gasteiger partial charge in [-0.05, 0) is 30.5 Å². The quantitative estimate of drug-likeness (QED) is 0.279. The second-order valence-corrected chi connectivity index (χ2v) is 7.63. The van der Waals surface area contributed by atoms with Gasteiger partial charge >= 0.3 is 5.69 Å². The van der Waals surface area contributed by atoms with Crippen LogP contribution in [0.3, 0.4) is 0 Å². The van der Waals surface area contributed by atoms with Crippen LogP contribution in [-0.2, 0) is 6.54 Å². The molecule has 2 aromatic heterocycles. The lowest BCUT2D eigenvalue weighted by Gasteiger charge is -2.12. The molecule has 8 nitrogen and oxygen atoms in total. The molecule has 0 atom stereocenters. The Morgan fingerprint density at radius 2 is 1.83 bits per heavy atom. The van der Waals surface area contributed by atoms with Crippen molar-refractivity contribution in [2.75, 3.05) is 0 Å². The predicted octanol–water partition coefficient (Wildman–Crippen LogP) is 3.31. The van der Waals surface area contributed by atoms with Crippen LogP contribution in [0, 0.1) is 17.0 Å². The SMILES string of the molecule is Cc1ccc(-n2c(=O)c3sccc3n(CC(=O)c3cccc([N+](=O)[O-])c3)c2=O)cc1. The first kappa shape index (κ1) is 19.5. The van der Waals surface area contributed by atoms with E-state index >= 15 is 0 Å². The Labute approximate surface area is 173 Å². The van der Waals surface area contributed by atoms with Gasteiger partial charge in [-0.3, -0.25) is 24.3 Å². The minimum absolute atomic E-state index is 0.118. The summed E-state index contributed by atoms with van der Waals surface area (Å²) in [6, 6.07) is 13.9. The number of Topliss-reactive ketones (excluding diaryl/α,β-unsaturated/α-hetero) is 1. The van der Waals surface area contributed by atoms with Crippen molar-refractivity contribution in [2.24, 2.45) is 0 Å². The van der Waals surface area contributed by atoms with E-state index in [1.54, 1.807) is 35.7 Å². The van der Waals surface area contributed by atoms with E-state index in [9.17, 15) is 24.5 Å². The largest absolute Gasteiger partial charge is 0.336 e. The van der Waals surface area contributed by atoms with Gasteiger partial charge in [0.1, 0.15) is 4.70 Å². The topological polar surface area (TPSA) is 104 Å². The number of aryl methyl sites for hydroxylation is 1. The summed E-state index contributed by atoms with van der Waals surface area (Å²) >= 11 is 1.18. The Hall–Kier alpha value is -3.85. The maximum absolute atomic E-state index is 13.2. The van der Waals surface area contributed by atoms with Gasteiger partial charge in [-0.1, -0.05) is 29.8 Å². The molecular weight excluding hydrogens is 406 g/mol. The number of rotatable bonds is 5. The van der Waals surface area contributed by atoms with Crippen LogP contribution in [0.1, 0.15) is 15.9 Å². The summed E-state index contributed by atoms with van der Waals surface area (Å²) in [5.74, 6) is -0.470. The summed E-state index contributed by atoms with van der Waals surface area (Å²) in [6.07, 6.45) is 0. The number of carbonyl (C=O) groups is 1. The van der Waals surface area contributed by atoms with Gasteiger partial charge in [-0.15, -0.1) is 11.3 Å². The molecule has 2 aromatic carbocycles. The fraction of sp³-hybridized carbons (Fsp3) is 0.0952. The van der Waals surface area contributed by atoms with Crippen molar-refractivity contribution < 1.29 is 9.72 Å². The molecule has 4 rings (SSSR count). The van der Waals surface area contributed by atoms with Crippen molar-refractivity contribution in [3.63, 3.8) is 0 Å². The number of hydrogen-bond acceptors (Lipinski definition) is 6. The highest BCUT2D eigenvalue weighted by Gasteiger charge is 2.19. The first-order valence-electron chi connectivity index (χ1n) is 8.94. The van der Waals surface area contributed by atoms with Crippen molar-refractivity contribution >= 4 is 33.0 Å². The molecule has 2 heterocycles. The van der Waals surface area contributed by atoms with Crippen LogP contribution in [0.25, 0.3) is 15.9 Å². The average Bonchev–Trinajstić information content (AvgIpc) is 3.22. The summed E-state index contributed by atoms with van der Waals surface area (Å²) in [4.78, 5) is 49.3. The van der Waals surface area contributed by atoms with Crippen LogP contribution in [0.4, 0.5) is 5.69 Å². The number of aromatic nitrogens is 2. The number of thiophene rings is 1. The van der Waals surface area contributed by atoms with Gasteiger partial charge < -0.3 is 0 Å². The molecule has 30 heavy (non-hydrogen) atoms. The van der Waals surface area contributed by atoms with Crippen LogP contribution in [0.2, 0.25) is 0 Å². The molecule has 0 amide bonds. The van der Waals surface area contributed by atoms with E-state index in [0.29, 0.717) is 15.9 Å². The van der Waals surface area contributed by atoms with Crippen LogP contribution < -0.4 is 11.2 Å². The van der Waals surface area contributed by atoms with E-state index in [2.05, 4.69) is 0 Å². The monoisotopic (exact) mass is 421 g/mol. The lowest BCUT2D eigenvalue weighted by molar-refractivity contribution is -0.384. The van der Waals surface area contributed by atoms with E-state index < -0.39 is 22.0 Å². The number of hydrogen-bond donors (Lipinski definition) is 0. The third kappa shape index (κ3) is 3.35. The van der Waals surface area contributed by atoms with E-state index in [1.165, 1.54) is 40.2 Å². The van der Waals surface area contributed by atoms with Gasteiger partial charge in [0.15, 0.2) is 5.78 Å². The van der Waals surface area contributed by atoms with Crippen molar-refractivity contribution in [1.29, 1.82) is 0 Å². The van der Waals surface area contributed by atoms with E-state index in [-0.39, 0.29) is 17.8 Å². The second kappa shape index (κ2) is 7.53. The molecule has 4 aromatic rings. The van der Waals surface area contributed by atoms with E-state index in [0.717, 1.165) is 10.1 Å². The van der Waals surface area contributed by atoms with Crippen molar-refractivity contribution in [2.45, 2.75) is 13.5 Å². The summed E-state index contributed by atoms with van der Waals surface area (Å²) in [6.45, 7) is 1.55. The van der Waals surface area contributed by atoms with Crippen molar-refractivity contribution in [3.05, 3.63) is 102 Å². The highest BCUT2D eigenvalue weighted by Crippen LogP contribution is 2.18. The normalized spacial score (nSPS) is 11.0. The number of nitro groups is 1. The lowest BCUT2D eigenvalue weighted by Crippen LogP contribution is -2.39. The first-order valence-corrected chi connectivity index (χ1v) is 9.82. The molecule has 0 N–H and O–H groups in total. The molecular formula is C21H15N3O5S. The highest BCUT2D eigenvalue weighted by atomic mass is 32.1. The number of non-ortho nitro benzene ring substituents is 1. The molecule has 0 aliphatic heterocycles. The molecule has 0 unspecified atom stereocenters. The molecule has 0 saturated heterocycles. The average molecular weight is 421 g/mol. The molecule has 0 spiro atoms.